The predicted molar refractivity (Wildman–Crippen MR) is 81.6 cm³/mol. The molecule has 0 radical (unpaired) electrons. The molecule has 0 aliphatic rings. The molecule has 3 nitrogen and oxygen atoms in total. The highest BCUT2D eigenvalue weighted by Crippen LogP contribution is 2.26. The molecular weight excluding hydrogens is 254 g/mol. The van der Waals surface area contributed by atoms with Crippen molar-refractivity contribution < 1.29 is 0 Å². The minimum Gasteiger partial charge on any atom is -0.308 e. The summed E-state index contributed by atoms with van der Waals surface area (Å²) < 4.78 is 2.09. The molecule has 3 aromatic rings. The molecule has 98 valence electrons. The zero-order valence-electron chi connectivity index (χ0n) is 11.2. The fraction of sp³-hybridized carbons (Fsp3) is 0.267. The minimum atomic E-state index is 0.920. The molecule has 0 N–H and O–H groups in total. The number of likely N-dealkylation sites (N-methyl/N-ethyl adjacent to an activating group) is 1. The third-order valence-corrected chi connectivity index (χ3v) is 3.94. The van der Waals surface area contributed by atoms with Crippen molar-refractivity contribution in [2.24, 2.45) is 0 Å². The lowest BCUT2D eigenvalue weighted by atomic mass is 10.1. The molecule has 0 bridgehead atoms. The summed E-state index contributed by atoms with van der Waals surface area (Å²) in [4.78, 5) is 2.18. The zero-order chi connectivity index (χ0) is 13.2. The van der Waals surface area contributed by atoms with Crippen molar-refractivity contribution in [3.63, 3.8) is 0 Å². The molecule has 0 unspecified atom stereocenters. The fourth-order valence-electron chi connectivity index (χ4n) is 2.15. The molecule has 0 amide bonds. The van der Waals surface area contributed by atoms with Crippen LogP contribution >= 0.6 is 11.3 Å². The molecule has 0 atom stereocenters. The second kappa shape index (κ2) is 5.15. The monoisotopic (exact) mass is 271 g/mol. The Balaban J connectivity index is 1.98. The van der Waals surface area contributed by atoms with E-state index in [4.69, 9.17) is 0 Å². The van der Waals surface area contributed by atoms with Crippen LogP contribution in [-0.2, 0) is 6.54 Å². The molecule has 0 aliphatic carbocycles. The lowest BCUT2D eigenvalue weighted by Crippen LogP contribution is -2.18. The fourth-order valence-corrected chi connectivity index (χ4v) is 2.82. The highest BCUT2D eigenvalue weighted by Gasteiger charge is 2.05. The van der Waals surface area contributed by atoms with Gasteiger partial charge in [0.2, 0.25) is 0 Å². The largest absolute Gasteiger partial charge is 0.308 e. The summed E-state index contributed by atoms with van der Waals surface area (Å²) in [6.07, 6.45) is 1.95. The van der Waals surface area contributed by atoms with Crippen LogP contribution in [0.25, 0.3) is 22.0 Å². The molecular formula is C15H17N3S. The van der Waals surface area contributed by atoms with Crippen LogP contribution in [0.3, 0.4) is 0 Å². The smallest absolute Gasteiger partial charge is 0.0689 e. The van der Waals surface area contributed by atoms with Gasteiger partial charge in [0.25, 0.3) is 0 Å². The first-order valence-electron chi connectivity index (χ1n) is 6.37. The Hall–Kier alpha value is -1.65. The van der Waals surface area contributed by atoms with Gasteiger partial charge < -0.3 is 4.90 Å². The van der Waals surface area contributed by atoms with Gasteiger partial charge >= 0.3 is 0 Å². The molecule has 2 heterocycles. The highest BCUT2D eigenvalue weighted by atomic mass is 32.1. The van der Waals surface area contributed by atoms with Crippen LogP contribution in [0.5, 0.6) is 0 Å². The number of hydrogen-bond donors (Lipinski definition) is 0. The first-order chi connectivity index (χ1) is 9.24. The van der Waals surface area contributed by atoms with Crippen molar-refractivity contribution >= 4 is 22.2 Å². The van der Waals surface area contributed by atoms with Gasteiger partial charge in [0, 0.05) is 11.9 Å². The molecule has 0 spiro atoms. The van der Waals surface area contributed by atoms with Crippen molar-refractivity contribution in [1.29, 1.82) is 0 Å². The average molecular weight is 271 g/mol. The lowest BCUT2D eigenvalue weighted by molar-refractivity contribution is 0.377. The number of aromatic nitrogens is 2. The summed E-state index contributed by atoms with van der Waals surface area (Å²) in [6, 6.07) is 8.72. The molecule has 0 fully saturated rings. The molecule has 19 heavy (non-hydrogen) atoms. The van der Waals surface area contributed by atoms with Gasteiger partial charge in [-0.1, -0.05) is 12.1 Å². The Morgan fingerprint density at radius 3 is 2.84 bits per heavy atom. The minimum absolute atomic E-state index is 0.920. The highest BCUT2D eigenvalue weighted by molar-refractivity contribution is 7.08. The van der Waals surface area contributed by atoms with Crippen molar-refractivity contribution in [2.45, 2.75) is 6.54 Å². The summed E-state index contributed by atoms with van der Waals surface area (Å²) in [6.45, 7) is 1.92. The van der Waals surface area contributed by atoms with E-state index in [1.54, 1.807) is 11.3 Å². The van der Waals surface area contributed by atoms with E-state index in [9.17, 15) is 0 Å². The quantitative estimate of drug-likeness (QED) is 0.726. The van der Waals surface area contributed by atoms with E-state index < -0.39 is 0 Å². The summed E-state index contributed by atoms with van der Waals surface area (Å²) in [7, 11) is 4.17. The molecule has 2 aromatic heterocycles. The second-order valence-electron chi connectivity index (χ2n) is 4.96. The van der Waals surface area contributed by atoms with Gasteiger partial charge in [-0.2, -0.15) is 16.4 Å². The topological polar surface area (TPSA) is 21.1 Å². The summed E-state index contributed by atoms with van der Waals surface area (Å²) in [5.74, 6) is 0. The summed E-state index contributed by atoms with van der Waals surface area (Å²) in [5, 5.41) is 9.98. The Bertz CT molecular complexity index is 668. The standard InChI is InChI=1S/C15H17N3S/c1-17(2)6-7-18-15-9-12(14-5-8-19-11-14)3-4-13(15)10-16-18/h3-5,8-11H,6-7H2,1-2H3. The van der Waals surface area contributed by atoms with E-state index in [1.165, 1.54) is 22.0 Å². The zero-order valence-corrected chi connectivity index (χ0v) is 12.0. The van der Waals surface area contributed by atoms with Gasteiger partial charge in [0.05, 0.1) is 18.3 Å². The van der Waals surface area contributed by atoms with Crippen molar-refractivity contribution in [2.75, 3.05) is 20.6 Å². The van der Waals surface area contributed by atoms with Crippen molar-refractivity contribution in [3.05, 3.63) is 41.2 Å². The van der Waals surface area contributed by atoms with Crippen LogP contribution in [0.2, 0.25) is 0 Å². The normalized spacial score (nSPS) is 11.5. The average Bonchev–Trinajstić information content (AvgIpc) is 3.05. The number of benzene rings is 1. The van der Waals surface area contributed by atoms with E-state index in [0.29, 0.717) is 0 Å². The Morgan fingerprint density at radius 2 is 2.11 bits per heavy atom. The van der Waals surface area contributed by atoms with E-state index in [0.717, 1.165) is 13.1 Å². The molecule has 4 heteroatoms. The summed E-state index contributed by atoms with van der Waals surface area (Å²) >= 11 is 1.73. The maximum Gasteiger partial charge on any atom is 0.0689 e. The Kier molecular flexibility index (Phi) is 3.36. The third-order valence-electron chi connectivity index (χ3n) is 3.26. The lowest BCUT2D eigenvalue weighted by Gasteiger charge is -2.10. The van der Waals surface area contributed by atoms with Crippen molar-refractivity contribution in [3.8, 4) is 11.1 Å². The van der Waals surface area contributed by atoms with Gasteiger partial charge in [-0.25, -0.2) is 0 Å². The molecule has 0 saturated heterocycles. The first-order valence-corrected chi connectivity index (χ1v) is 7.31. The van der Waals surface area contributed by atoms with E-state index in [1.807, 2.05) is 6.20 Å². The van der Waals surface area contributed by atoms with Crippen LogP contribution in [0.15, 0.2) is 41.2 Å². The van der Waals surface area contributed by atoms with Gasteiger partial charge in [0.15, 0.2) is 0 Å². The maximum absolute atomic E-state index is 4.48. The molecule has 0 saturated carbocycles. The molecule has 1 aromatic carbocycles. The van der Waals surface area contributed by atoms with Gasteiger partial charge in [0.1, 0.15) is 0 Å². The van der Waals surface area contributed by atoms with Gasteiger partial charge in [-0.05, 0) is 48.1 Å². The number of fused-ring (bicyclic) bond motifs is 1. The van der Waals surface area contributed by atoms with Crippen LogP contribution in [-0.4, -0.2) is 35.3 Å². The van der Waals surface area contributed by atoms with Gasteiger partial charge in [-0.3, -0.25) is 4.68 Å². The van der Waals surface area contributed by atoms with Crippen LogP contribution in [0.4, 0.5) is 0 Å². The predicted octanol–water partition coefficient (Wildman–Crippen LogP) is 3.33. The van der Waals surface area contributed by atoms with E-state index >= 15 is 0 Å². The Labute approximate surface area is 117 Å². The van der Waals surface area contributed by atoms with Gasteiger partial charge in [-0.15, -0.1) is 0 Å². The third kappa shape index (κ3) is 2.55. The SMILES string of the molecule is CN(C)CCn1ncc2ccc(-c3ccsc3)cc21. The van der Waals surface area contributed by atoms with Crippen molar-refractivity contribution in [1.82, 2.24) is 14.7 Å². The van der Waals surface area contributed by atoms with Crippen LogP contribution in [0.1, 0.15) is 0 Å². The van der Waals surface area contributed by atoms with E-state index in [2.05, 4.69) is 63.8 Å². The number of nitrogens with zero attached hydrogens (tertiary/aromatic N) is 3. The number of hydrogen-bond acceptors (Lipinski definition) is 3. The number of thiophene rings is 1. The van der Waals surface area contributed by atoms with Crippen LogP contribution in [0, 0.1) is 0 Å². The number of rotatable bonds is 4. The second-order valence-corrected chi connectivity index (χ2v) is 5.74. The molecule has 3 rings (SSSR count). The van der Waals surface area contributed by atoms with Crippen LogP contribution < -0.4 is 0 Å². The Morgan fingerprint density at radius 1 is 1.21 bits per heavy atom. The first kappa shape index (κ1) is 12.4. The molecule has 0 aliphatic heterocycles. The summed E-state index contributed by atoms with van der Waals surface area (Å²) in [5.41, 5.74) is 3.76. The maximum atomic E-state index is 4.48. The van der Waals surface area contributed by atoms with E-state index in [-0.39, 0.29) is 0 Å².